The molecule has 0 bridgehead atoms. The standard InChI is InChI=1S/C22H16ClFN4O/c1-14-7-12-18(13-19(14)23)28-21(15-8-10-16(24)11-9-15)26-20(27-28)22(29)25-17-5-3-2-4-6-17/h2-13H,1H3,(H,25,29). The first-order valence-electron chi connectivity index (χ1n) is 8.87. The molecule has 1 heterocycles. The van der Waals surface area contributed by atoms with Gasteiger partial charge in [0.25, 0.3) is 5.91 Å². The lowest BCUT2D eigenvalue weighted by molar-refractivity contribution is 0.101. The number of carbonyl (C=O) groups is 1. The Labute approximate surface area is 171 Å². The number of anilines is 1. The highest BCUT2D eigenvalue weighted by Gasteiger charge is 2.19. The number of para-hydroxylation sites is 1. The average Bonchev–Trinajstić information content (AvgIpc) is 3.17. The maximum Gasteiger partial charge on any atom is 0.295 e. The number of nitrogens with one attached hydrogen (secondary N) is 1. The van der Waals surface area contributed by atoms with E-state index in [2.05, 4.69) is 15.4 Å². The van der Waals surface area contributed by atoms with Crippen molar-refractivity contribution in [2.24, 2.45) is 0 Å². The second-order valence-corrected chi connectivity index (χ2v) is 6.84. The predicted octanol–water partition coefficient (Wildman–Crippen LogP) is 5.29. The first-order valence-corrected chi connectivity index (χ1v) is 9.25. The summed E-state index contributed by atoms with van der Waals surface area (Å²) in [5, 5.41) is 7.72. The van der Waals surface area contributed by atoms with Crippen LogP contribution in [0.15, 0.2) is 72.8 Å². The first kappa shape index (κ1) is 18.8. The van der Waals surface area contributed by atoms with E-state index >= 15 is 0 Å². The van der Waals surface area contributed by atoms with Crippen LogP contribution < -0.4 is 5.32 Å². The number of amides is 1. The van der Waals surface area contributed by atoms with Crippen LogP contribution >= 0.6 is 11.6 Å². The lowest BCUT2D eigenvalue weighted by Gasteiger charge is -2.07. The third-order valence-electron chi connectivity index (χ3n) is 4.34. The van der Waals surface area contributed by atoms with E-state index in [0.29, 0.717) is 27.8 Å². The Morgan fingerprint density at radius 1 is 1.03 bits per heavy atom. The molecule has 0 aliphatic heterocycles. The molecule has 0 saturated carbocycles. The highest BCUT2D eigenvalue weighted by atomic mass is 35.5. The van der Waals surface area contributed by atoms with Gasteiger partial charge in [0.2, 0.25) is 5.82 Å². The average molecular weight is 407 g/mol. The lowest BCUT2D eigenvalue weighted by Crippen LogP contribution is -2.14. The van der Waals surface area contributed by atoms with Gasteiger partial charge in [-0.2, -0.15) is 0 Å². The van der Waals surface area contributed by atoms with E-state index in [1.165, 1.54) is 16.8 Å². The van der Waals surface area contributed by atoms with Crippen molar-refractivity contribution in [2.75, 3.05) is 5.32 Å². The molecule has 4 rings (SSSR count). The molecular formula is C22H16ClFN4O. The van der Waals surface area contributed by atoms with Crippen LogP contribution in [0.1, 0.15) is 16.2 Å². The molecule has 0 fully saturated rings. The number of rotatable bonds is 4. The zero-order valence-electron chi connectivity index (χ0n) is 15.4. The Morgan fingerprint density at radius 3 is 2.45 bits per heavy atom. The third kappa shape index (κ3) is 4.02. The monoisotopic (exact) mass is 406 g/mol. The van der Waals surface area contributed by atoms with Gasteiger partial charge in [0.15, 0.2) is 5.82 Å². The van der Waals surface area contributed by atoms with Gasteiger partial charge in [0, 0.05) is 16.3 Å². The van der Waals surface area contributed by atoms with Crippen LogP contribution in [0.5, 0.6) is 0 Å². The molecule has 0 radical (unpaired) electrons. The maximum atomic E-state index is 13.4. The van der Waals surface area contributed by atoms with Crippen molar-refractivity contribution in [2.45, 2.75) is 6.92 Å². The molecule has 0 atom stereocenters. The Bertz CT molecular complexity index is 1170. The predicted molar refractivity (Wildman–Crippen MR) is 111 cm³/mol. The molecular weight excluding hydrogens is 391 g/mol. The summed E-state index contributed by atoms with van der Waals surface area (Å²) in [6, 6.07) is 20.3. The largest absolute Gasteiger partial charge is 0.319 e. The van der Waals surface area contributed by atoms with Gasteiger partial charge in [0.05, 0.1) is 5.69 Å². The number of nitrogens with zero attached hydrogens (tertiary/aromatic N) is 3. The molecule has 1 N–H and O–H groups in total. The molecule has 1 aromatic heterocycles. The number of hydrogen-bond acceptors (Lipinski definition) is 3. The van der Waals surface area contributed by atoms with Crippen molar-refractivity contribution in [3.63, 3.8) is 0 Å². The summed E-state index contributed by atoms with van der Waals surface area (Å²) in [5.74, 6) is -0.412. The van der Waals surface area contributed by atoms with E-state index in [1.807, 2.05) is 37.3 Å². The number of halogens is 2. The van der Waals surface area contributed by atoms with E-state index in [-0.39, 0.29) is 11.6 Å². The summed E-state index contributed by atoms with van der Waals surface area (Å²) in [4.78, 5) is 17.1. The fraction of sp³-hybridized carbons (Fsp3) is 0.0455. The normalized spacial score (nSPS) is 10.7. The smallest absolute Gasteiger partial charge is 0.295 e. The fourth-order valence-electron chi connectivity index (χ4n) is 2.80. The SMILES string of the molecule is Cc1ccc(-n2nc(C(=O)Nc3ccccc3)nc2-c2ccc(F)cc2)cc1Cl. The number of hydrogen-bond donors (Lipinski definition) is 1. The molecule has 0 saturated heterocycles. The van der Waals surface area contributed by atoms with E-state index in [9.17, 15) is 9.18 Å². The van der Waals surface area contributed by atoms with Crippen molar-refractivity contribution >= 4 is 23.2 Å². The lowest BCUT2D eigenvalue weighted by atomic mass is 10.2. The van der Waals surface area contributed by atoms with Gasteiger partial charge in [-0.25, -0.2) is 14.1 Å². The quantitative estimate of drug-likeness (QED) is 0.501. The van der Waals surface area contributed by atoms with Crippen molar-refractivity contribution in [3.05, 3.63) is 95.0 Å². The Hall–Kier alpha value is -3.51. The summed E-state index contributed by atoms with van der Waals surface area (Å²) >= 11 is 6.27. The van der Waals surface area contributed by atoms with Crippen LogP contribution in [-0.4, -0.2) is 20.7 Å². The molecule has 0 unspecified atom stereocenters. The van der Waals surface area contributed by atoms with Crippen LogP contribution in [-0.2, 0) is 0 Å². The highest BCUT2D eigenvalue weighted by Crippen LogP contribution is 2.25. The molecule has 0 aliphatic carbocycles. The van der Waals surface area contributed by atoms with Gasteiger partial charge < -0.3 is 5.32 Å². The molecule has 1 amide bonds. The van der Waals surface area contributed by atoms with Crippen molar-refractivity contribution in [1.82, 2.24) is 14.8 Å². The molecule has 7 heteroatoms. The molecule has 3 aromatic carbocycles. The maximum absolute atomic E-state index is 13.4. The van der Waals surface area contributed by atoms with Crippen molar-refractivity contribution in [1.29, 1.82) is 0 Å². The topological polar surface area (TPSA) is 59.8 Å². The molecule has 5 nitrogen and oxygen atoms in total. The minimum atomic E-state index is -0.448. The second-order valence-electron chi connectivity index (χ2n) is 6.43. The van der Waals surface area contributed by atoms with E-state index < -0.39 is 5.91 Å². The van der Waals surface area contributed by atoms with Crippen LogP contribution in [0.2, 0.25) is 5.02 Å². The molecule has 29 heavy (non-hydrogen) atoms. The minimum absolute atomic E-state index is 0.00937. The van der Waals surface area contributed by atoms with Crippen LogP contribution in [0, 0.1) is 12.7 Å². The summed E-state index contributed by atoms with van der Waals surface area (Å²) in [7, 11) is 0. The summed E-state index contributed by atoms with van der Waals surface area (Å²) in [6.45, 7) is 1.90. The highest BCUT2D eigenvalue weighted by molar-refractivity contribution is 6.31. The van der Waals surface area contributed by atoms with E-state index in [0.717, 1.165) is 5.56 Å². The fourth-order valence-corrected chi connectivity index (χ4v) is 2.97. The van der Waals surface area contributed by atoms with E-state index in [1.54, 1.807) is 30.3 Å². The Kier molecular flexibility index (Phi) is 5.10. The van der Waals surface area contributed by atoms with Gasteiger partial charge in [-0.05, 0) is 61.0 Å². The number of carbonyl (C=O) groups excluding carboxylic acids is 1. The molecule has 4 aromatic rings. The number of aromatic nitrogens is 3. The van der Waals surface area contributed by atoms with Gasteiger partial charge in [0.1, 0.15) is 5.82 Å². The van der Waals surface area contributed by atoms with Gasteiger partial charge in [-0.3, -0.25) is 4.79 Å². The van der Waals surface area contributed by atoms with Gasteiger partial charge in [-0.15, -0.1) is 5.10 Å². The number of aryl methyl sites for hydroxylation is 1. The molecule has 0 spiro atoms. The summed E-state index contributed by atoms with van der Waals surface area (Å²) < 4.78 is 14.9. The van der Waals surface area contributed by atoms with E-state index in [4.69, 9.17) is 11.6 Å². The Balaban J connectivity index is 1.78. The van der Waals surface area contributed by atoms with Gasteiger partial charge in [-0.1, -0.05) is 35.9 Å². The Morgan fingerprint density at radius 2 is 1.76 bits per heavy atom. The zero-order chi connectivity index (χ0) is 20.4. The zero-order valence-corrected chi connectivity index (χ0v) is 16.2. The summed E-state index contributed by atoms with van der Waals surface area (Å²) in [5.41, 5.74) is 2.82. The van der Waals surface area contributed by atoms with Crippen LogP contribution in [0.3, 0.4) is 0 Å². The molecule has 144 valence electrons. The van der Waals surface area contributed by atoms with Crippen molar-refractivity contribution < 1.29 is 9.18 Å². The third-order valence-corrected chi connectivity index (χ3v) is 4.75. The minimum Gasteiger partial charge on any atom is -0.319 e. The van der Waals surface area contributed by atoms with Crippen LogP contribution in [0.4, 0.5) is 10.1 Å². The number of benzene rings is 3. The van der Waals surface area contributed by atoms with Gasteiger partial charge >= 0.3 is 0 Å². The first-order chi connectivity index (χ1) is 14.0. The molecule has 0 aliphatic rings. The van der Waals surface area contributed by atoms with Crippen LogP contribution in [0.25, 0.3) is 17.1 Å². The van der Waals surface area contributed by atoms with Crippen molar-refractivity contribution in [3.8, 4) is 17.1 Å². The summed E-state index contributed by atoms with van der Waals surface area (Å²) in [6.07, 6.45) is 0. The second kappa shape index (κ2) is 7.85.